The maximum atomic E-state index is 11.7. The van der Waals surface area contributed by atoms with Crippen LogP contribution in [0.5, 0.6) is 0 Å². The summed E-state index contributed by atoms with van der Waals surface area (Å²) < 4.78 is 6.81. The molecule has 1 aromatic carbocycles. The van der Waals surface area contributed by atoms with E-state index in [4.69, 9.17) is 4.74 Å². The van der Waals surface area contributed by atoms with E-state index in [1.54, 1.807) is 0 Å². The van der Waals surface area contributed by atoms with E-state index in [1.807, 2.05) is 29.7 Å². The predicted octanol–water partition coefficient (Wildman–Crippen LogP) is 2.47. The van der Waals surface area contributed by atoms with Crippen molar-refractivity contribution < 1.29 is 9.53 Å². The van der Waals surface area contributed by atoms with Crippen molar-refractivity contribution in [2.45, 2.75) is 25.8 Å². The van der Waals surface area contributed by atoms with Gasteiger partial charge in [-0.1, -0.05) is 6.07 Å². The monoisotopic (exact) mass is 230 g/mol. The van der Waals surface area contributed by atoms with E-state index in [0.29, 0.717) is 11.9 Å². The average molecular weight is 230 g/mol. The Kier molecular flexibility index (Phi) is 2.18. The fraction of sp³-hybridized carbons (Fsp3) is 0.385. The molecule has 2 aromatic rings. The van der Waals surface area contributed by atoms with Crippen LogP contribution in [0.25, 0.3) is 11.0 Å². The molecule has 1 heterocycles. The lowest BCUT2D eigenvalue weighted by Gasteiger charge is -2.05. The SMILES string of the molecule is COC(=O)c1nc2cc(C)ccc2n1C1CC1. The number of esters is 1. The number of carbonyl (C=O) groups is 1. The second-order valence-corrected chi connectivity index (χ2v) is 4.52. The Morgan fingerprint density at radius 1 is 1.47 bits per heavy atom. The number of nitrogens with zero attached hydrogens (tertiary/aromatic N) is 2. The number of fused-ring (bicyclic) bond motifs is 1. The number of benzene rings is 1. The Morgan fingerprint density at radius 2 is 2.24 bits per heavy atom. The molecule has 0 saturated heterocycles. The predicted molar refractivity (Wildman–Crippen MR) is 64.1 cm³/mol. The summed E-state index contributed by atoms with van der Waals surface area (Å²) in [4.78, 5) is 16.1. The van der Waals surface area contributed by atoms with Gasteiger partial charge in [0.15, 0.2) is 0 Å². The van der Waals surface area contributed by atoms with Crippen molar-refractivity contribution in [2.75, 3.05) is 7.11 Å². The summed E-state index contributed by atoms with van der Waals surface area (Å²) in [7, 11) is 1.39. The van der Waals surface area contributed by atoms with Crippen LogP contribution >= 0.6 is 0 Å². The molecule has 1 aliphatic rings. The number of carbonyl (C=O) groups excluding carboxylic acids is 1. The smallest absolute Gasteiger partial charge is 0.374 e. The van der Waals surface area contributed by atoms with Gasteiger partial charge in [0.2, 0.25) is 5.82 Å². The van der Waals surface area contributed by atoms with Crippen LogP contribution in [0.1, 0.15) is 35.1 Å². The first-order valence-corrected chi connectivity index (χ1v) is 5.77. The summed E-state index contributed by atoms with van der Waals surface area (Å²) in [6.45, 7) is 2.02. The molecule has 0 radical (unpaired) electrons. The molecule has 17 heavy (non-hydrogen) atoms. The molecule has 0 bridgehead atoms. The van der Waals surface area contributed by atoms with Crippen LogP contribution < -0.4 is 0 Å². The van der Waals surface area contributed by atoms with Crippen molar-refractivity contribution in [3.05, 3.63) is 29.6 Å². The zero-order valence-corrected chi connectivity index (χ0v) is 9.93. The number of hydrogen-bond donors (Lipinski definition) is 0. The molecular formula is C13H14N2O2. The van der Waals surface area contributed by atoms with Gasteiger partial charge in [0, 0.05) is 6.04 Å². The van der Waals surface area contributed by atoms with Crippen LogP contribution in [0.4, 0.5) is 0 Å². The fourth-order valence-electron chi connectivity index (χ4n) is 2.15. The Hall–Kier alpha value is -1.84. The van der Waals surface area contributed by atoms with Gasteiger partial charge in [0.1, 0.15) is 0 Å². The van der Waals surface area contributed by atoms with Gasteiger partial charge >= 0.3 is 5.97 Å². The molecule has 1 fully saturated rings. The van der Waals surface area contributed by atoms with Crippen molar-refractivity contribution in [2.24, 2.45) is 0 Å². The zero-order valence-electron chi connectivity index (χ0n) is 9.93. The molecule has 1 aliphatic carbocycles. The summed E-state index contributed by atoms with van der Waals surface area (Å²) in [6.07, 6.45) is 2.23. The molecule has 0 unspecified atom stereocenters. The molecule has 0 aliphatic heterocycles. The summed E-state index contributed by atoms with van der Waals surface area (Å²) in [5.74, 6) is 0.0707. The molecule has 4 nitrogen and oxygen atoms in total. The lowest BCUT2D eigenvalue weighted by atomic mass is 10.2. The maximum Gasteiger partial charge on any atom is 0.374 e. The van der Waals surface area contributed by atoms with Crippen LogP contribution in [0, 0.1) is 6.92 Å². The van der Waals surface area contributed by atoms with E-state index in [1.165, 1.54) is 7.11 Å². The summed E-state index contributed by atoms with van der Waals surface area (Å²) in [5.41, 5.74) is 3.05. The standard InChI is InChI=1S/C13H14N2O2/c1-8-3-6-11-10(7-8)14-12(13(16)17-2)15(11)9-4-5-9/h3,6-7,9H,4-5H2,1-2H3. The number of rotatable bonds is 2. The molecule has 1 aromatic heterocycles. The number of hydrogen-bond acceptors (Lipinski definition) is 3. The average Bonchev–Trinajstić information content (AvgIpc) is 3.09. The lowest BCUT2D eigenvalue weighted by Crippen LogP contribution is -2.10. The van der Waals surface area contributed by atoms with Gasteiger partial charge in [-0.3, -0.25) is 0 Å². The summed E-state index contributed by atoms with van der Waals surface area (Å²) >= 11 is 0. The largest absolute Gasteiger partial charge is 0.463 e. The molecule has 0 spiro atoms. The normalized spacial score (nSPS) is 15.2. The van der Waals surface area contributed by atoms with Gasteiger partial charge in [0.25, 0.3) is 0 Å². The van der Waals surface area contributed by atoms with Crippen LogP contribution in [-0.2, 0) is 4.74 Å². The van der Waals surface area contributed by atoms with Crippen molar-refractivity contribution >= 4 is 17.0 Å². The van der Waals surface area contributed by atoms with E-state index in [9.17, 15) is 4.79 Å². The molecular weight excluding hydrogens is 216 g/mol. The first-order chi connectivity index (χ1) is 8.20. The third-order valence-corrected chi connectivity index (χ3v) is 3.12. The van der Waals surface area contributed by atoms with Crippen molar-refractivity contribution in [3.8, 4) is 0 Å². The van der Waals surface area contributed by atoms with Crippen LogP contribution in [0.2, 0.25) is 0 Å². The molecule has 0 amide bonds. The van der Waals surface area contributed by atoms with E-state index in [0.717, 1.165) is 29.4 Å². The molecule has 88 valence electrons. The van der Waals surface area contributed by atoms with Gasteiger partial charge in [-0.25, -0.2) is 9.78 Å². The maximum absolute atomic E-state index is 11.7. The number of imidazole rings is 1. The van der Waals surface area contributed by atoms with Crippen molar-refractivity contribution in [1.29, 1.82) is 0 Å². The molecule has 1 saturated carbocycles. The Morgan fingerprint density at radius 3 is 2.88 bits per heavy atom. The second-order valence-electron chi connectivity index (χ2n) is 4.52. The number of aromatic nitrogens is 2. The fourth-order valence-corrected chi connectivity index (χ4v) is 2.15. The van der Waals surface area contributed by atoms with Gasteiger partial charge in [-0.05, 0) is 37.5 Å². The first-order valence-electron chi connectivity index (χ1n) is 5.77. The highest BCUT2D eigenvalue weighted by atomic mass is 16.5. The van der Waals surface area contributed by atoms with E-state index >= 15 is 0 Å². The minimum absolute atomic E-state index is 0.356. The summed E-state index contributed by atoms with van der Waals surface area (Å²) in [5, 5.41) is 0. The zero-order chi connectivity index (χ0) is 12.0. The van der Waals surface area contributed by atoms with Gasteiger partial charge < -0.3 is 9.30 Å². The Balaban J connectivity index is 2.26. The molecule has 3 rings (SSSR count). The van der Waals surface area contributed by atoms with Crippen molar-refractivity contribution in [1.82, 2.24) is 9.55 Å². The first kappa shape index (κ1) is 10.3. The van der Waals surface area contributed by atoms with E-state index in [-0.39, 0.29) is 5.97 Å². The molecule has 0 atom stereocenters. The molecule has 0 N–H and O–H groups in total. The second kappa shape index (κ2) is 3.58. The molecule has 4 heteroatoms. The van der Waals surface area contributed by atoms with Crippen LogP contribution in [0.15, 0.2) is 18.2 Å². The van der Waals surface area contributed by atoms with E-state index < -0.39 is 0 Å². The van der Waals surface area contributed by atoms with Crippen LogP contribution in [-0.4, -0.2) is 22.6 Å². The quantitative estimate of drug-likeness (QED) is 0.744. The minimum atomic E-state index is -0.356. The minimum Gasteiger partial charge on any atom is -0.463 e. The Labute approximate surface area is 99.2 Å². The lowest BCUT2D eigenvalue weighted by molar-refractivity contribution is 0.0581. The van der Waals surface area contributed by atoms with Crippen molar-refractivity contribution in [3.63, 3.8) is 0 Å². The third-order valence-electron chi connectivity index (χ3n) is 3.12. The number of aryl methyl sites for hydroxylation is 1. The Bertz CT molecular complexity index is 597. The highest BCUT2D eigenvalue weighted by Crippen LogP contribution is 2.38. The highest BCUT2D eigenvalue weighted by Gasteiger charge is 2.30. The highest BCUT2D eigenvalue weighted by molar-refractivity contribution is 5.91. The topological polar surface area (TPSA) is 44.1 Å². The van der Waals surface area contributed by atoms with E-state index in [2.05, 4.69) is 4.98 Å². The number of ether oxygens (including phenoxy) is 1. The van der Waals surface area contributed by atoms with Gasteiger partial charge in [-0.15, -0.1) is 0 Å². The van der Waals surface area contributed by atoms with Gasteiger partial charge in [-0.2, -0.15) is 0 Å². The summed E-state index contributed by atoms with van der Waals surface area (Å²) in [6, 6.07) is 6.49. The number of methoxy groups -OCH3 is 1. The van der Waals surface area contributed by atoms with Crippen LogP contribution in [0.3, 0.4) is 0 Å². The van der Waals surface area contributed by atoms with Gasteiger partial charge in [0.05, 0.1) is 18.1 Å². The third kappa shape index (κ3) is 1.60.